The van der Waals surface area contributed by atoms with Crippen LogP contribution in [0, 0.1) is 5.92 Å². The van der Waals surface area contributed by atoms with Crippen molar-refractivity contribution in [1.82, 2.24) is 5.32 Å². The van der Waals surface area contributed by atoms with Crippen LogP contribution in [0.3, 0.4) is 0 Å². The highest BCUT2D eigenvalue weighted by Gasteiger charge is 2.34. The topological polar surface area (TPSA) is 78.8 Å². The van der Waals surface area contributed by atoms with E-state index in [-0.39, 0.29) is 5.91 Å². The first kappa shape index (κ1) is 24.0. The Morgan fingerprint density at radius 2 is 1.71 bits per heavy atom. The summed E-state index contributed by atoms with van der Waals surface area (Å²) in [6.45, 7) is 2.49. The fourth-order valence-corrected chi connectivity index (χ4v) is 4.84. The quantitative estimate of drug-likeness (QED) is 0.428. The molecule has 0 saturated heterocycles. The number of rotatable bonds is 10. The molecular weight excluding hydrogens is 426 g/mol. The Labute approximate surface area is 201 Å². The first-order valence-corrected chi connectivity index (χ1v) is 12.0. The van der Waals surface area contributed by atoms with Crippen molar-refractivity contribution in [3.05, 3.63) is 101 Å². The van der Waals surface area contributed by atoms with Crippen LogP contribution >= 0.6 is 0 Å². The zero-order chi connectivity index (χ0) is 23.9. The van der Waals surface area contributed by atoms with E-state index >= 15 is 0 Å². The van der Waals surface area contributed by atoms with Gasteiger partial charge in [0.1, 0.15) is 5.75 Å². The average molecular weight is 460 g/mol. The number of para-hydroxylation sites is 1. The Balaban J connectivity index is 1.49. The number of carbonyl (C=O) groups excluding carboxylic acids is 1. The molecule has 0 radical (unpaired) electrons. The number of benzene rings is 3. The van der Waals surface area contributed by atoms with Gasteiger partial charge in [-0.15, -0.1) is 0 Å². The molecule has 0 fully saturated rings. The highest BCUT2D eigenvalue weighted by Crippen LogP contribution is 2.32. The molecule has 0 saturated carbocycles. The minimum Gasteiger partial charge on any atom is -0.494 e. The van der Waals surface area contributed by atoms with Crippen molar-refractivity contribution in [1.29, 1.82) is 0 Å². The minimum atomic E-state index is -0.707. The molecule has 4 rings (SSSR count). The van der Waals surface area contributed by atoms with Gasteiger partial charge in [-0.25, -0.2) is 0 Å². The van der Waals surface area contributed by atoms with Gasteiger partial charge in [0, 0.05) is 18.8 Å². The van der Waals surface area contributed by atoms with Gasteiger partial charge in [-0.3, -0.25) is 4.79 Å². The van der Waals surface area contributed by atoms with Crippen LogP contribution in [0.4, 0.5) is 0 Å². The van der Waals surface area contributed by atoms with E-state index in [2.05, 4.69) is 5.32 Å². The lowest BCUT2D eigenvalue weighted by Gasteiger charge is -2.25. The zero-order valence-corrected chi connectivity index (χ0v) is 19.6. The number of amides is 1. The van der Waals surface area contributed by atoms with E-state index in [0.717, 1.165) is 28.0 Å². The maximum Gasteiger partial charge on any atom is 0.224 e. The molecule has 5 nitrogen and oxygen atoms in total. The third kappa shape index (κ3) is 5.85. The SMILES string of the molecule is CCOc1ccccc1CC(O)CC(Cc1ccccc1)C(=O)N[C@H]1c2ccccc2C[C@H]1O. The summed E-state index contributed by atoms with van der Waals surface area (Å²) in [5.41, 5.74) is 3.99. The number of nitrogens with one attached hydrogen (secondary N) is 1. The lowest BCUT2D eigenvalue weighted by atomic mass is 9.90. The van der Waals surface area contributed by atoms with Crippen LogP contribution in [0.15, 0.2) is 78.9 Å². The van der Waals surface area contributed by atoms with Gasteiger partial charge < -0.3 is 20.3 Å². The predicted molar refractivity (Wildman–Crippen MR) is 133 cm³/mol. The first-order chi connectivity index (χ1) is 16.5. The zero-order valence-electron chi connectivity index (χ0n) is 19.6. The molecule has 1 aliphatic carbocycles. The molecule has 1 amide bonds. The van der Waals surface area contributed by atoms with E-state index in [1.165, 1.54) is 0 Å². The van der Waals surface area contributed by atoms with Crippen LogP contribution in [0.2, 0.25) is 0 Å². The minimum absolute atomic E-state index is 0.151. The second-order valence-corrected chi connectivity index (χ2v) is 8.98. The van der Waals surface area contributed by atoms with E-state index in [1.807, 2.05) is 85.8 Å². The van der Waals surface area contributed by atoms with Gasteiger partial charge in [0.05, 0.1) is 24.9 Å². The van der Waals surface area contributed by atoms with Crippen molar-refractivity contribution in [2.24, 2.45) is 5.92 Å². The summed E-state index contributed by atoms with van der Waals surface area (Å²) in [6, 6.07) is 24.9. The molecule has 0 aliphatic heterocycles. The van der Waals surface area contributed by atoms with E-state index in [0.29, 0.717) is 32.3 Å². The standard InChI is InChI=1S/C29H33NO4/c1-2-34-27-15-9-7-13-22(27)17-24(31)18-23(16-20-10-4-3-5-11-20)29(33)30-28-25-14-8-6-12-21(25)19-26(28)32/h3-15,23-24,26,28,31-32H,2,16-19H2,1H3,(H,30,33)/t23?,24?,26-,28+/m1/s1. The van der Waals surface area contributed by atoms with E-state index in [4.69, 9.17) is 4.74 Å². The Hall–Kier alpha value is -3.15. The van der Waals surface area contributed by atoms with Gasteiger partial charge in [0.2, 0.25) is 5.91 Å². The summed E-state index contributed by atoms with van der Waals surface area (Å²) in [6.07, 6.45) is 0.404. The van der Waals surface area contributed by atoms with Gasteiger partial charge in [-0.2, -0.15) is 0 Å². The Bertz CT molecular complexity index is 1080. The number of aliphatic hydroxyl groups is 2. The van der Waals surface area contributed by atoms with Crippen LogP contribution in [-0.4, -0.2) is 34.9 Å². The van der Waals surface area contributed by atoms with Crippen LogP contribution in [0.25, 0.3) is 0 Å². The van der Waals surface area contributed by atoms with E-state index in [1.54, 1.807) is 0 Å². The van der Waals surface area contributed by atoms with Gasteiger partial charge in [-0.1, -0.05) is 72.8 Å². The van der Waals surface area contributed by atoms with Crippen LogP contribution < -0.4 is 10.1 Å². The van der Waals surface area contributed by atoms with Crippen molar-refractivity contribution in [3.8, 4) is 5.75 Å². The van der Waals surface area contributed by atoms with Gasteiger partial charge in [0.15, 0.2) is 0 Å². The number of fused-ring (bicyclic) bond motifs is 1. The molecule has 3 aromatic rings. The van der Waals surface area contributed by atoms with Crippen molar-refractivity contribution in [3.63, 3.8) is 0 Å². The van der Waals surface area contributed by atoms with E-state index < -0.39 is 24.2 Å². The third-order valence-electron chi connectivity index (χ3n) is 6.48. The second kappa shape index (κ2) is 11.3. The molecule has 5 heteroatoms. The maximum atomic E-state index is 13.5. The number of carbonyl (C=O) groups is 1. The second-order valence-electron chi connectivity index (χ2n) is 8.98. The first-order valence-electron chi connectivity index (χ1n) is 12.0. The van der Waals surface area contributed by atoms with Gasteiger partial charge >= 0.3 is 0 Å². The highest BCUT2D eigenvalue weighted by atomic mass is 16.5. The highest BCUT2D eigenvalue weighted by molar-refractivity contribution is 5.80. The summed E-state index contributed by atoms with van der Waals surface area (Å²) in [7, 11) is 0. The van der Waals surface area contributed by atoms with Crippen LogP contribution in [0.5, 0.6) is 5.75 Å². The summed E-state index contributed by atoms with van der Waals surface area (Å²) >= 11 is 0. The Morgan fingerprint density at radius 1 is 1.00 bits per heavy atom. The summed E-state index contributed by atoms with van der Waals surface area (Å²) < 4.78 is 5.70. The normalized spacial score (nSPS) is 18.7. The molecule has 1 aliphatic rings. The molecule has 34 heavy (non-hydrogen) atoms. The number of ether oxygens (including phenoxy) is 1. The molecule has 178 valence electrons. The largest absolute Gasteiger partial charge is 0.494 e. The molecule has 0 aromatic heterocycles. The Kier molecular flexibility index (Phi) is 7.99. The monoisotopic (exact) mass is 459 g/mol. The average Bonchev–Trinajstić information content (AvgIpc) is 3.15. The molecule has 0 heterocycles. The molecular formula is C29H33NO4. The molecule has 3 aromatic carbocycles. The maximum absolute atomic E-state index is 13.5. The van der Waals surface area contributed by atoms with Crippen molar-refractivity contribution in [2.75, 3.05) is 6.61 Å². The fraction of sp³-hybridized carbons (Fsp3) is 0.345. The number of hydrogen-bond donors (Lipinski definition) is 3. The van der Waals surface area contributed by atoms with E-state index in [9.17, 15) is 15.0 Å². The van der Waals surface area contributed by atoms with Gasteiger partial charge in [0.25, 0.3) is 0 Å². The van der Waals surface area contributed by atoms with Crippen molar-refractivity contribution < 1.29 is 19.7 Å². The summed E-state index contributed by atoms with van der Waals surface area (Å²) in [5.74, 6) is 0.178. The van der Waals surface area contributed by atoms with Gasteiger partial charge in [-0.05, 0) is 48.1 Å². The number of aliphatic hydroxyl groups excluding tert-OH is 2. The molecule has 4 atom stereocenters. The Morgan fingerprint density at radius 3 is 2.50 bits per heavy atom. The number of hydrogen-bond acceptors (Lipinski definition) is 4. The molecule has 2 unspecified atom stereocenters. The summed E-state index contributed by atoms with van der Waals surface area (Å²) in [5, 5.41) is 24.7. The predicted octanol–water partition coefficient (Wildman–Crippen LogP) is 4.01. The van der Waals surface area contributed by atoms with Crippen LogP contribution in [-0.2, 0) is 24.1 Å². The smallest absolute Gasteiger partial charge is 0.224 e. The summed E-state index contributed by atoms with van der Waals surface area (Å²) in [4.78, 5) is 13.5. The molecule has 0 bridgehead atoms. The van der Waals surface area contributed by atoms with Crippen molar-refractivity contribution in [2.45, 2.75) is 50.9 Å². The third-order valence-corrected chi connectivity index (χ3v) is 6.48. The molecule has 3 N–H and O–H groups in total. The fourth-order valence-electron chi connectivity index (χ4n) is 4.84. The van der Waals surface area contributed by atoms with Crippen LogP contribution in [0.1, 0.15) is 41.6 Å². The lowest BCUT2D eigenvalue weighted by Crippen LogP contribution is -2.39. The molecule has 0 spiro atoms. The lowest BCUT2D eigenvalue weighted by molar-refractivity contribution is -0.127. The van der Waals surface area contributed by atoms with Crippen molar-refractivity contribution >= 4 is 5.91 Å².